The van der Waals surface area contributed by atoms with Crippen molar-refractivity contribution in [2.75, 3.05) is 23.7 Å². The molecular weight excluding hydrogens is 328 g/mol. The summed E-state index contributed by atoms with van der Waals surface area (Å²) < 4.78 is 31.3. The van der Waals surface area contributed by atoms with E-state index in [9.17, 15) is 13.2 Å². The van der Waals surface area contributed by atoms with Gasteiger partial charge in [-0.25, -0.2) is 8.42 Å². The maximum Gasteiger partial charge on any atom is 0.243 e. The summed E-state index contributed by atoms with van der Waals surface area (Å²) in [5.74, 6) is -0.293. The van der Waals surface area contributed by atoms with E-state index in [0.717, 1.165) is 31.3 Å². The van der Waals surface area contributed by atoms with Gasteiger partial charge in [0.2, 0.25) is 15.9 Å². The van der Waals surface area contributed by atoms with E-state index in [1.165, 1.54) is 4.31 Å². The number of rotatable bonds is 7. The molecule has 1 fully saturated rings. The monoisotopic (exact) mass is 354 g/mol. The SMILES string of the molecule is CC[C@H](C(=O)NC[C@@H]1CCCO1)N(c1ccc(C)cc1)S(C)(=O)=O. The highest BCUT2D eigenvalue weighted by molar-refractivity contribution is 7.92. The van der Waals surface area contributed by atoms with Crippen LogP contribution in [0.5, 0.6) is 0 Å². The topological polar surface area (TPSA) is 75.7 Å². The number of amides is 1. The number of sulfonamides is 1. The lowest BCUT2D eigenvalue weighted by molar-refractivity contribution is -0.122. The third-order valence-corrected chi connectivity index (χ3v) is 5.33. The zero-order valence-corrected chi connectivity index (χ0v) is 15.3. The predicted molar refractivity (Wildman–Crippen MR) is 94.6 cm³/mol. The van der Waals surface area contributed by atoms with Gasteiger partial charge in [0.25, 0.3) is 0 Å². The van der Waals surface area contributed by atoms with Crippen molar-refractivity contribution in [2.24, 2.45) is 0 Å². The molecule has 0 bridgehead atoms. The molecule has 1 aromatic carbocycles. The molecule has 0 radical (unpaired) electrons. The van der Waals surface area contributed by atoms with Gasteiger partial charge in [-0.3, -0.25) is 9.10 Å². The minimum atomic E-state index is -3.58. The van der Waals surface area contributed by atoms with Crippen LogP contribution >= 0.6 is 0 Å². The predicted octanol–water partition coefficient (Wildman–Crippen LogP) is 1.83. The van der Waals surface area contributed by atoms with E-state index in [1.807, 2.05) is 26.0 Å². The van der Waals surface area contributed by atoms with Crippen LogP contribution in [0.25, 0.3) is 0 Å². The molecule has 1 saturated heterocycles. The quantitative estimate of drug-likeness (QED) is 0.811. The summed E-state index contributed by atoms with van der Waals surface area (Å²) in [5, 5.41) is 2.84. The van der Waals surface area contributed by atoms with E-state index in [1.54, 1.807) is 12.1 Å². The molecule has 1 heterocycles. The molecule has 24 heavy (non-hydrogen) atoms. The summed E-state index contributed by atoms with van der Waals surface area (Å²) in [6.45, 7) is 4.88. The summed E-state index contributed by atoms with van der Waals surface area (Å²) in [5.41, 5.74) is 1.53. The Morgan fingerprint density at radius 3 is 2.54 bits per heavy atom. The minimum Gasteiger partial charge on any atom is -0.376 e. The lowest BCUT2D eigenvalue weighted by Crippen LogP contribution is -2.50. The number of nitrogens with zero attached hydrogens (tertiary/aromatic N) is 1. The third kappa shape index (κ3) is 4.70. The molecule has 2 atom stereocenters. The molecule has 0 spiro atoms. The van der Waals surface area contributed by atoms with E-state index < -0.39 is 16.1 Å². The van der Waals surface area contributed by atoms with Crippen LogP contribution in [0.4, 0.5) is 5.69 Å². The number of carbonyl (C=O) groups is 1. The average Bonchev–Trinajstić information content (AvgIpc) is 3.03. The maximum atomic E-state index is 12.6. The first-order valence-corrected chi connectivity index (χ1v) is 10.1. The van der Waals surface area contributed by atoms with Crippen LogP contribution in [0, 0.1) is 6.92 Å². The summed E-state index contributed by atoms with van der Waals surface area (Å²) in [6.07, 6.45) is 3.46. The zero-order chi connectivity index (χ0) is 17.7. The first kappa shape index (κ1) is 18.7. The zero-order valence-electron chi connectivity index (χ0n) is 14.5. The Kier molecular flexibility index (Phi) is 6.23. The molecular formula is C17H26N2O4S. The van der Waals surface area contributed by atoms with Crippen molar-refractivity contribution < 1.29 is 17.9 Å². The van der Waals surface area contributed by atoms with Crippen LogP contribution in [0.2, 0.25) is 0 Å². The number of benzene rings is 1. The third-order valence-electron chi connectivity index (χ3n) is 4.15. The molecule has 7 heteroatoms. The highest BCUT2D eigenvalue weighted by Gasteiger charge is 2.31. The largest absolute Gasteiger partial charge is 0.376 e. The van der Waals surface area contributed by atoms with Gasteiger partial charge in [0.15, 0.2) is 0 Å². The van der Waals surface area contributed by atoms with Crippen molar-refractivity contribution in [3.8, 4) is 0 Å². The number of nitrogens with one attached hydrogen (secondary N) is 1. The number of aryl methyl sites for hydroxylation is 1. The molecule has 0 unspecified atom stereocenters. The lowest BCUT2D eigenvalue weighted by Gasteiger charge is -2.30. The smallest absolute Gasteiger partial charge is 0.243 e. The van der Waals surface area contributed by atoms with Crippen LogP contribution < -0.4 is 9.62 Å². The standard InChI is InChI=1S/C17H26N2O4S/c1-4-16(17(20)18-12-15-6-5-11-23-15)19(24(3,21)22)14-9-7-13(2)8-10-14/h7-10,15-16H,4-6,11-12H2,1-3H3,(H,18,20)/t15-,16+/m0/s1. The Morgan fingerprint density at radius 1 is 1.38 bits per heavy atom. The molecule has 134 valence electrons. The number of ether oxygens (including phenoxy) is 1. The Labute approximate surface area is 144 Å². The van der Waals surface area contributed by atoms with Crippen molar-refractivity contribution in [1.29, 1.82) is 0 Å². The summed E-state index contributed by atoms with van der Waals surface area (Å²) >= 11 is 0. The average molecular weight is 354 g/mol. The fourth-order valence-electron chi connectivity index (χ4n) is 2.89. The van der Waals surface area contributed by atoms with Gasteiger partial charge in [0, 0.05) is 13.2 Å². The van der Waals surface area contributed by atoms with Gasteiger partial charge in [0.05, 0.1) is 18.0 Å². The number of hydrogen-bond acceptors (Lipinski definition) is 4. The molecule has 2 rings (SSSR count). The second-order valence-corrected chi connectivity index (χ2v) is 8.06. The van der Waals surface area contributed by atoms with Crippen LogP contribution in [-0.4, -0.2) is 45.9 Å². The van der Waals surface area contributed by atoms with Crippen LogP contribution in [0.1, 0.15) is 31.7 Å². The van der Waals surface area contributed by atoms with Crippen molar-refractivity contribution in [2.45, 2.75) is 45.3 Å². The molecule has 1 amide bonds. The normalized spacial score (nSPS) is 19.0. The first-order chi connectivity index (χ1) is 11.3. The van der Waals surface area contributed by atoms with E-state index in [2.05, 4.69) is 5.32 Å². The molecule has 0 aromatic heterocycles. The highest BCUT2D eigenvalue weighted by atomic mass is 32.2. The second-order valence-electron chi connectivity index (χ2n) is 6.20. The highest BCUT2D eigenvalue weighted by Crippen LogP contribution is 2.23. The molecule has 1 N–H and O–H groups in total. The minimum absolute atomic E-state index is 0.0255. The van der Waals surface area contributed by atoms with Gasteiger partial charge >= 0.3 is 0 Å². The van der Waals surface area contributed by atoms with Gasteiger partial charge in [-0.2, -0.15) is 0 Å². The molecule has 6 nitrogen and oxygen atoms in total. The summed E-state index contributed by atoms with van der Waals surface area (Å²) in [6, 6.07) is 6.36. The lowest BCUT2D eigenvalue weighted by atomic mass is 10.1. The molecule has 1 aliphatic rings. The van der Waals surface area contributed by atoms with Crippen molar-refractivity contribution in [3.05, 3.63) is 29.8 Å². The van der Waals surface area contributed by atoms with E-state index in [0.29, 0.717) is 18.7 Å². The molecule has 1 aromatic rings. The van der Waals surface area contributed by atoms with Crippen molar-refractivity contribution >= 4 is 21.6 Å². The van der Waals surface area contributed by atoms with Crippen LogP contribution in [-0.2, 0) is 19.6 Å². The Morgan fingerprint density at radius 2 is 2.04 bits per heavy atom. The van der Waals surface area contributed by atoms with Crippen LogP contribution in [0.15, 0.2) is 24.3 Å². The van der Waals surface area contributed by atoms with Gasteiger partial charge in [-0.1, -0.05) is 24.6 Å². The molecule has 0 aliphatic carbocycles. The van der Waals surface area contributed by atoms with Crippen molar-refractivity contribution in [3.63, 3.8) is 0 Å². The Bertz CT molecular complexity index is 652. The van der Waals surface area contributed by atoms with Gasteiger partial charge in [0.1, 0.15) is 6.04 Å². The Hall–Kier alpha value is -1.60. The fourth-order valence-corrected chi connectivity index (χ4v) is 4.10. The molecule has 1 aliphatic heterocycles. The number of anilines is 1. The maximum absolute atomic E-state index is 12.6. The van der Waals surface area contributed by atoms with Gasteiger partial charge < -0.3 is 10.1 Å². The van der Waals surface area contributed by atoms with Crippen LogP contribution in [0.3, 0.4) is 0 Å². The number of carbonyl (C=O) groups excluding carboxylic acids is 1. The van der Waals surface area contributed by atoms with E-state index >= 15 is 0 Å². The molecule has 0 saturated carbocycles. The first-order valence-electron chi connectivity index (χ1n) is 8.28. The fraction of sp³-hybridized carbons (Fsp3) is 0.588. The second kappa shape index (κ2) is 7.98. The van der Waals surface area contributed by atoms with E-state index in [-0.39, 0.29) is 12.0 Å². The summed E-state index contributed by atoms with van der Waals surface area (Å²) in [7, 11) is -3.58. The van der Waals surface area contributed by atoms with Gasteiger partial charge in [-0.05, 0) is 38.3 Å². The summed E-state index contributed by atoms with van der Waals surface area (Å²) in [4.78, 5) is 12.6. The Balaban J connectivity index is 2.18. The van der Waals surface area contributed by atoms with Gasteiger partial charge in [-0.15, -0.1) is 0 Å². The van der Waals surface area contributed by atoms with Crippen molar-refractivity contribution in [1.82, 2.24) is 5.32 Å². The van der Waals surface area contributed by atoms with E-state index in [4.69, 9.17) is 4.74 Å². The number of hydrogen-bond donors (Lipinski definition) is 1.